The number of benzene rings is 2. The van der Waals surface area contributed by atoms with Crippen LogP contribution in [0.2, 0.25) is 0 Å². The first-order chi connectivity index (χ1) is 13.3. The highest BCUT2D eigenvalue weighted by atomic mass is 32.1. The molecule has 0 unspecified atom stereocenters. The molecule has 0 amide bonds. The molecule has 6 heteroatoms. The summed E-state index contributed by atoms with van der Waals surface area (Å²) < 4.78 is 10.7. The maximum absolute atomic E-state index is 5.42. The third-order valence-electron chi connectivity index (χ3n) is 4.62. The van der Waals surface area contributed by atoms with E-state index in [4.69, 9.17) is 14.5 Å². The number of methoxy groups -OCH3 is 1. The summed E-state index contributed by atoms with van der Waals surface area (Å²) >= 11 is 1.63. The molecule has 3 aromatic rings. The molecule has 1 fully saturated rings. The van der Waals surface area contributed by atoms with E-state index in [2.05, 4.69) is 45.9 Å². The Balaban J connectivity index is 1.39. The zero-order valence-electron chi connectivity index (χ0n) is 15.4. The van der Waals surface area contributed by atoms with Gasteiger partial charge >= 0.3 is 0 Å². The second-order valence-electron chi connectivity index (χ2n) is 6.39. The van der Waals surface area contributed by atoms with Gasteiger partial charge in [-0.25, -0.2) is 4.98 Å². The van der Waals surface area contributed by atoms with E-state index >= 15 is 0 Å². The number of thiazole rings is 1. The van der Waals surface area contributed by atoms with Crippen molar-refractivity contribution in [3.63, 3.8) is 0 Å². The number of hydrogen-bond acceptors (Lipinski definition) is 6. The molecule has 0 spiro atoms. The molecule has 0 atom stereocenters. The van der Waals surface area contributed by atoms with Crippen molar-refractivity contribution in [2.24, 2.45) is 0 Å². The minimum Gasteiger partial charge on any atom is -0.497 e. The summed E-state index contributed by atoms with van der Waals surface area (Å²) in [4.78, 5) is 7.08. The SMILES string of the molecule is COc1cccc(CNc2nc(-c3ccc(N4CCOCC4)cc3)cs2)c1. The summed E-state index contributed by atoms with van der Waals surface area (Å²) in [5.41, 5.74) is 4.55. The largest absolute Gasteiger partial charge is 0.497 e. The molecule has 1 N–H and O–H groups in total. The van der Waals surface area contributed by atoms with Crippen molar-refractivity contribution in [1.82, 2.24) is 4.98 Å². The van der Waals surface area contributed by atoms with E-state index in [9.17, 15) is 0 Å². The molecule has 1 saturated heterocycles. The van der Waals surface area contributed by atoms with Crippen LogP contribution in [-0.4, -0.2) is 38.4 Å². The molecule has 0 bridgehead atoms. The van der Waals surface area contributed by atoms with Gasteiger partial charge in [0, 0.05) is 36.3 Å². The summed E-state index contributed by atoms with van der Waals surface area (Å²) in [6.45, 7) is 4.23. The number of nitrogens with one attached hydrogen (secondary N) is 1. The Morgan fingerprint density at radius 1 is 1.15 bits per heavy atom. The van der Waals surface area contributed by atoms with Gasteiger partial charge in [-0.1, -0.05) is 24.3 Å². The Bertz CT molecular complexity index is 873. The fourth-order valence-corrected chi connectivity index (χ4v) is 3.83. The number of anilines is 2. The fourth-order valence-electron chi connectivity index (χ4n) is 3.11. The van der Waals surface area contributed by atoms with Gasteiger partial charge in [0.1, 0.15) is 5.75 Å². The molecular formula is C21H23N3O2S. The van der Waals surface area contributed by atoms with Gasteiger partial charge in [-0.15, -0.1) is 11.3 Å². The Labute approximate surface area is 163 Å². The minimum absolute atomic E-state index is 0.722. The number of hydrogen-bond donors (Lipinski definition) is 1. The topological polar surface area (TPSA) is 46.6 Å². The summed E-state index contributed by atoms with van der Waals surface area (Å²) in [7, 11) is 1.68. The third kappa shape index (κ3) is 4.40. The number of rotatable bonds is 6. The van der Waals surface area contributed by atoms with Crippen molar-refractivity contribution in [2.45, 2.75) is 6.54 Å². The first-order valence-electron chi connectivity index (χ1n) is 9.07. The maximum Gasteiger partial charge on any atom is 0.183 e. The van der Waals surface area contributed by atoms with E-state index in [1.54, 1.807) is 18.4 Å². The lowest BCUT2D eigenvalue weighted by atomic mass is 10.1. The molecule has 27 heavy (non-hydrogen) atoms. The molecule has 5 nitrogen and oxygen atoms in total. The molecule has 0 radical (unpaired) electrons. The van der Waals surface area contributed by atoms with Crippen molar-refractivity contribution >= 4 is 22.2 Å². The van der Waals surface area contributed by atoms with Crippen molar-refractivity contribution in [3.8, 4) is 17.0 Å². The van der Waals surface area contributed by atoms with Gasteiger partial charge in [-0.2, -0.15) is 0 Å². The highest BCUT2D eigenvalue weighted by Crippen LogP contribution is 2.27. The van der Waals surface area contributed by atoms with Crippen LogP contribution >= 0.6 is 11.3 Å². The summed E-state index contributed by atoms with van der Waals surface area (Å²) in [5, 5.41) is 6.41. The Morgan fingerprint density at radius 2 is 1.96 bits per heavy atom. The minimum atomic E-state index is 0.722. The first-order valence-corrected chi connectivity index (χ1v) is 9.95. The van der Waals surface area contributed by atoms with E-state index in [1.165, 1.54) is 11.3 Å². The second kappa shape index (κ2) is 8.41. The van der Waals surface area contributed by atoms with Crippen LogP contribution in [0.4, 0.5) is 10.8 Å². The molecule has 2 aromatic carbocycles. The molecule has 4 rings (SSSR count). The van der Waals surface area contributed by atoms with Crippen LogP contribution in [0, 0.1) is 0 Å². The first kappa shape index (κ1) is 17.8. The maximum atomic E-state index is 5.42. The quantitative estimate of drug-likeness (QED) is 0.691. The predicted octanol–water partition coefficient (Wildman–Crippen LogP) is 4.27. The molecule has 0 saturated carbocycles. The number of ether oxygens (including phenoxy) is 2. The highest BCUT2D eigenvalue weighted by molar-refractivity contribution is 7.14. The monoisotopic (exact) mass is 381 g/mol. The van der Waals surface area contributed by atoms with Crippen molar-refractivity contribution < 1.29 is 9.47 Å². The van der Waals surface area contributed by atoms with Gasteiger partial charge in [0.05, 0.1) is 26.0 Å². The Morgan fingerprint density at radius 3 is 2.74 bits per heavy atom. The van der Waals surface area contributed by atoms with Crippen LogP contribution in [0.1, 0.15) is 5.56 Å². The van der Waals surface area contributed by atoms with E-state index in [0.717, 1.165) is 55.0 Å². The average molecular weight is 382 g/mol. The summed E-state index contributed by atoms with van der Waals surface area (Å²) in [6.07, 6.45) is 0. The van der Waals surface area contributed by atoms with Gasteiger partial charge in [-0.05, 0) is 29.8 Å². The van der Waals surface area contributed by atoms with Crippen molar-refractivity contribution in [3.05, 3.63) is 59.5 Å². The fraction of sp³-hybridized carbons (Fsp3) is 0.286. The van der Waals surface area contributed by atoms with Crippen molar-refractivity contribution in [1.29, 1.82) is 0 Å². The summed E-state index contributed by atoms with van der Waals surface area (Å²) in [5.74, 6) is 0.870. The van der Waals surface area contributed by atoms with Crippen molar-refractivity contribution in [2.75, 3.05) is 43.6 Å². The van der Waals surface area contributed by atoms with Crippen LogP contribution < -0.4 is 15.0 Å². The lowest BCUT2D eigenvalue weighted by Gasteiger charge is -2.28. The van der Waals surface area contributed by atoms with E-state index in [1.807, 2.05) is 18.2 Å². The van der Waals surface area contributed by atoms with Crippen LogP contribution in [-0.2, 0) is 11.3 Å². The second-order valence-corrected chi connectivity index (χ2v) is 7.25. The van der Waals surface area contributed by atoms with E-state index in [0.29, 0.717) is 0 Å². The standard InChI is InChI=1S/C21H23N3O2S/c1-25-19-4-2-3-16(13-19)14-22-21-23-20(15-27-21)17-5-7-18(8-6-17)24-9-11-26-12-10-24/h2-8,13,15H,9-12,14H2,1H3,(H,22,23). The molecule has 1 aliphatic heterocycles. The molecular weight excluding hydrogens is 358 g/mol. The molecule has 2 heterocycles. The Hall–Kier alpha value is -2.57. The van der Waals surface area contributed by atoms with E-state index < -0.39 is 0 Å². The van der Waals surface area contributed by atoms with Crippen LogP contribution in [0.3, 0.4) is 0 Å². The third-order valence-corrected chi connectivity index (χ3v) is 5.42. The van der Waals surface area contributed by atoms with Crippen LogP contribution in [0.5, 0.6) is 5.75 Å². The van der Waals surface area contributed by atoms with Crippen LogP contribution in [0.15, 0.2) is 53.9 Å². The lowest BCUT2D eigenvalue weighted by Crippen LogP contribution is -2.36. The zero-order chi connectivity index (χ0) is 18.5. The number of aromatic nitrogens is 1. The predicted molar refractivity (Wildman–Crippen MR) is 111 cm³/mol. The lowest BCUT2D eigenvalue weighted by molar-refractivity contribution is 0.122. The number of morpholine rings is 1. The molecule has 1 aliphatic rings. The van der Waals surface area contributed by atoms with Gasteiger partial charge in [0.2, 0.25) is 0 Å². The van der Waals surface area contributed by atoms with E-state index in [-0.39, 0.29) is 0 Å². The molecule has 0 aliphatic carbocycles. The summed E-state index contributed by atoms with van der Waals surface area (Å²) in [6, 6.07) is 16.7. The zero-order valence-corrected chi connectivity index (χ0v) is 16.2. The average Bonchev–Trinajstić information content (AvgIpc) is 3.22. The van der Waals surface area contributed by atoms with Gasteiger partial charge in [0.25, 0.3) is 0 Å². The van der Waals surface area contributed by atoms with Gasteiger partial charge < -0.3 is 19.7 Å². The van der Waals surface area contributed by atoms with Gasteiger partial charge in [0.15, 0.2) is 5.13 Å². The number of nitrogens with zero attached hydrogens (tertiary/aromatic N) is 2. The Kier molecular flexibility index (Phi) is 5.55. The van der Waals surface area contributed by atoms with Crippen LogP contribution in [0.25, 0.3) is 11.3 Å². The normalized spacial score (nSPS) is 14.2. The molecule has 140 valence electrons. The molecule has 1 aromatic heterocycles. The van der Waals surface area contributed by atoms with Gasteiger partial charge in [-0.3, -0.25) is 0 Å². The highest BCUT2D eigenvalue weighted by Gasteiger charge is 2.11. The smallest absolute Gasteiger partial charge is 0.183 e.